The number of aromatic nitrogens is 2. The molecule has 1 heterocycles. The van der Waals surface area contributed by atoms with Gasteiger partial charge in [-0.3, -0.25) is 4.68 Å². The molecule has 20 heavy (non-hydrogen) atoms. The van der Waals surface area contributed by atoms with Gasteiger partial charge in [0.05, 0.1) is 5.69 Å². The van der Waals surface area contributed by atoms with Crippen LogP contribution in [0.15, 0.2) is 49.2 Å². The molecule has 1 atom stereocenters. The Hall–Kier alpha value is -1.58. The topological polar surface area (TPSA) is 38.1 Å². The van der Waals surface area contributed by atoms with Crippen LogP contribution in [0.3, 0.4) is 0 Å². The molecule has 0 spiro atoms. The molecule has 0 aliphatic rings. The number of benzene rings is 1. The van der Waals surface area contributed by atoms with Crippen molar-refractivity contribution in [2.24, 2.45) is 0 Å². The second-order valence-corrected chi connectivity index (χ2v) is 5.21. The molecule has 0 amide bonds. The second-order valence-electron chi connectivity index (χ2n) is 4.77. The quantitative estimate of drug-likeness (QED) is 0.823. The van der Waals surface area contributed by atoms with E-state index < -0.39 is 5.60 Å². The first-order chi connectivity index (χ1) is 9.61. The van der Waals surface area contributed by atoms with E-state index in [1.54, 1.807) is 30.5 Å². The molecule has 0 bridgehead atoms. The number of aryl methyl sites for hydroxylation is 1. The van der Waals surface area contributed by atoms with Crippen LogP contribution >= 0.6 is 11.6 Å². The summed E-state index contributed by atoms with van der Waals surface area (Å²) in [5.74, 6) is 0. The van der Waals surface area contributed by atoms with Crippen LogP contribution < -0.4 is 0 Å². The molecule has 0 radical (unpaired) electrons. The number of unbranched alkanes of at least 4 members (excludes halogenated alkanes) is 1. The monoisotopic (exact) mass is 290 g/mol. The fraction of sp³-hybridized carbons (Fsp3) is 0.312. The van der Waals surface area contributed by atoms with Crippen molar-refractivity contribution < 1.29 is 5.11 Å². The molecular formula is C16H19ClN2O. The predicted octanol–water partition coefficient (Wildman–Crippen LogP) is 3.76. The molecule has 0 aliphatic carbocycles. The van der Waals surface area contributed by atoms with Gasteiger partial charge in [-0.05, 0) is 36.3 Å². The van der Waals surface area contributed by atoms with Crippen LogP contribution in [0.1, 0.15) is 31.0 Å². The number of rotatable bonds is 6. The smallest absolute Gasteiger partial charge is 0.149 e. The average molecular weight is 291 g/mol. The molecule has 0 fully saturated rings. The molecule has 1 N–H and O–H groups in total. The van der Waals surface area contributed by atoms with Gasteiger partial charge in [-0.1, -0.05) is 43.7 Å². The van der Waals surface area contributed by atoms with Crippen LogP contribution in [0.4, 0.5) is 0 Å². The van der Waals surface area contributed by atoms with Crippen LogP contribution in [0.25, 0.3) is 0 Å². The van der Waals surface area contributed by atoms with Crippen LogP contribution in [-0.2, 0) is 12.1 Å². The third kappa shape index (κ3) is 2.79. The lowest BCUT2D eigenvalue weighted by Gasteiger charge is -2.26. The molecule has 106 valence electrons. The van der Waals surface area contributed by atoms with Crippen molar-refractivity contribution in [3.63, 3.8) is 0 Å². The normalized spacial score (nSPS) is 13.9. The van der Waals surface area contributed by atoms with E-state index >= 15 is 0 Å². The van der Waals surface area contributed by atoms with Crippen molar-refractivity contribution in [2.45, 2.75) is 31.9 Å². The highest BCUT2D eigenvalue weighted by Crippen LogP contribution is 2.31. The lowest BCUT2D eigenvalue weighted by molar-refractivity contribution is 0.123. The number of aliphatic hydroxyl groups is 1. The zero-order valence-electron chi connectivity index (χ0n) is 11.6. The molecule has 1 aromatic heterocycles. The lowest BCUT2D eigenvalue weighted by atomic mass is 9.90. The molecule has 0 saturated heterocycles. The van der Waals surface area contributed by atoms with Gasteiger partial charge in [-0.25, -0.2) is 0 Å². The first-order valence-corrected chi connectivity index (χ1v) is 7.14. The third-order valence-electron chi connectivity index (χ3n) is 3.41. The Kier molecular flexibility index (Phi) is 4.63. The Morgan fingerprint density at radius 1 is 1.35 bits per heavy atom. The highest BCUT2D eigenvalue weighted by atomic mass is 35.5. The summed E-state index contributed by atoms with van der Waals surface area (Å²) in [6, 6.07) is 8.96. The SMILES string of the molecule is C=CC(O)(c1ccc(Cl)cc1)c1ccnn1CCCC. The zero-order chi connectivity index (χ0) is 14.6. The van der Waals surface area contributed by atoms with Crippen LogP contribution in [0.2, 0.25) is 5.02 Å². The van der Waals surface area contributed by atoms with E-state index in [1.165, 1.54) is 6.08 Å². The van der Waals surface area contributed by atoms with Crippen molar-refractivity contribution in [3.05, 3.63) is 65.5 Å². The molecule has 1 unspecified atom stereocenters. The summed E-state index contributed by atoms with van der Waals surface area (Å²) in [7, 11) is 0. The molecule has 0 aliphatic heterocycles. The maximum Gasteiger partial charge on any atom is 0.149 e. The molecule has 0 saturated carbocycles. The summed E-state index contributed by atoms with van der Waals surface area (Å²) >= 11 is 5.90. The van der Waals surface area contributed by atoms with E-state index in [4.69, 9.17) is 11.6 Å². The zero-order valence-corrected chi connectivity index (χ0v) is 12.3. The summed E-state index contributed by atoms with van der Waals surface area (Å²) in [6.07, 6.45) is 5.33. The maximum atomic E-state index is 11.0. The van der Waals surface area contributed by atoms with Crippen molar-refractivity contribution >= 4 is 11.6 Å². The summed E-state index contributed by atoms with van der Waals surface area (Å²) in [5, 5.41) is 15.9. The van der Waals surface area contributed by atoms with Gasteiger partial charge in [-0.15, -0.1) is 0 Å². The molecule has 2 rings (SSSR count). The number of hydrogen-bond donors (Lipinski definition) is 1. The minimum Gasteiger partial charge on any atom is -0.375 e. The maximum absolute atomic E-state index is 11.0. The fourth-order valence-electron chi connectivity index (χ4n) is 2.22. The van der Waals surface area contributed by atoms with Gasteiger partial charge in [0.25, 0.3) is 0 Å². The highest BCUT2D eigenvalue weighted by Gasteiger charge is 2.31. The molecule has 1 aromatic carbocycles. The van der Waals surface area contributed by atoms with E-state index in [0.717, 1.165) is 30.6 Å². The summed E-state index contributed by atoms with van der Waals surface area (Å²) in [6.45, 7) is 6.69. The Bertz CT molecular complexity index is 576. The molecular weight excluding hydrogens is 272 g/mol. The first-order valence-electron chi connectivity index (χ1n) is 6.76. The van der Waals surface area contributed by atoms with Crippen LogP contribution in [0.5, 0.6) is 0 Å². The van der Waals surface area contributed by atoms with Crippen molar-refractivity contribution in [1.82, 2.24) is 9.78 Å². The average Bonchev–Trinajstić information content (AvgIpc) is 2.94. The third-order valence-corrected chi connectivity index (χ3v) is 3.66. The highest BCUT2D eigenvalue weighted by molar-refractivity contribution is 6.30. The van der Waals surface area contributed by atoms with Gasteiger partial charge >= 0.3 is 0 Å². The van der Waals surface area contributed by atoms with Gasteiger partial charge in [0.1, 0.15) is 5.60 Å². The van der Waals surface area contributed by atoms with E-state index in [-0.39, 0.29) is 0 Å². The van der Waals surface area contributed by atoms with Crippen molar-refractivity contribution in [3.8, 4) is 0 Å². The van der Waals surface area contributed by atoms with E-state index in [9.17, 15) is 5.11 Å². The van der Waals surface area contributed by atoms with E-state index in [1.807, 2.05) is 10.7 Å². The van der Waals surface area contributed by atoms with Gasteiger partial charge in [0.15, 0.2) is 0 Å². The summed E-state index contributed by atoms with van der Waals surface area (Å²) in [4.78, 5) is 0. The number of hydrogen-bond acceptors (Lipinski definition) is 2. The predicted molar refractivity (Wildman–Crippen MR) is 81.8 cm³/mol. The summed E-state index contributed by atoms with van der Waals surface area (Å²) < 4.78 is 1.83. The Morgan fingerprint density at radius 2 is 2.05 bits per heavy atom. The standard InChI is InChI=1S/C16H19ClN2O/c1-3-5-12-19-15(10-11-18-19)16(20,4-2)13-6-8-14(17)9-7-13/h4,6-11,20H,2-3,5,12H2,1H3. The second kappa shape index (κ2) is 6.25. The van der Waals surface area contributed by atoms with Crippen molar-refractivity contribution in [2.75, 3.05) is 0 Å². The number of halogens is 1. The van der Waals surface area contributed by atoms with Gasteiger partial charge in [0.2, 0.25) is 0 Å². The Labute approximate surface area is 124 Å². The van der Waals surface area contributed by atoms with Gasteiger partial charge in [-0.2, -0.15) is 5.10 Å². The van der Waals surface area contributed by atoms with Gasteiger partial charge in [0, 0.05) is 17.8 Å². The minimum atomic E-state index is -1.26. The van der Waals surface area contributed by atoms with Gasteiger partial charge < -0.3 is 5.11 Å². The number of nitrogens with zero attached hydrogens (tertiary/aromatic N) is 2. The first kappa shape index (κ1) is 14.8. The lowest BCUT2D eigenvalue weighted by Crippen LogP contribution is -2.28. The summed E-state index contributed by atoms with van der Waals surface area (Å²) in [5.41, 5.74) is 0.202. The molecule has 3 nitrogen and oxygen atoms in total. The van der Waals surface area contributed by atoms with Crippen molar-refractivity contribution in [1.29, 1.82) is 0 Å². The van der Waals surface area contributed by atoms with E-state index in [0.29, 0.717) is 5.02 Å². The minimum absolute atomic E-state index is 0.639. The van der Waals surface area contributed by atoms with Crippen LogP contribution in [0, 0.1) is 0 Å². The Morgan fingerprint density at radius 3 is 2.65 bits per heavy atom. The Balaban J connectivity index is 2.42. The fourth-order valence-corrected chi connectivity index (χ4v) is 2.34. The molecule has 2 aromatic rings. The molecule has 4 heteroatoms. The largest absolute Gasteiger partial charge is 0.375 e. The van der Waals surface area contributed by atoms with Crippen LogP contribution in [-0.4, -0.2) is 14.9 Å². The van der Waals surface area contributed by atoms with E-state index in [2.05, 4.69) is 18.6 Å².